The van der Waals surface area contributed by atoms with E-state index in [2.05, 4.69) is 5.32 Å². The van der Waals surface area contributed by atoms with E-state index in [4.69, 9.17) is 23.2 Å². The van der Waals surface area contributed by atoms with E-state index in [1.807, 2.05) is 0 Å². The number of rotatable bonds is 7. The van der Waals surface area contributed by atoms with E-state index in [0.29, 0.717) is 29.4 Å². The molecule has 0 bridgehead atoms. The SMILES string of the molecule is CC(C)(O)[C@@H](CS(C)(=O)=O)C(=O)N1CCC[C@@H](C(=O)NCc2ccc(Cl)cc2Cl)C1. The van der Waals surface area contributed by atoms with Gasteiger partial charge in [-0.1, -0.05) is 29.3 Å². The lowest BCUT2D eigenvalue weighted by molar-refractivity contribution is -0.145. The Hall–Kier alpha value is -1.35. The summed E-state index contributed by atoms with van der Waals surface area (Å²) in [7, 11) is -3.48. The van der Waals surface area contributed by atoms with E-state index in [-0.39, 0.29) is 19.0 Å². The number of carbonyl (C=O) groups is 2. The standard InChI is InChI=1S/C20H28Cl2N2O5S/c1-20(2,27)16(12-30(3,28)29)19(26)24-8-4-5-14(11-24)18(25)23-10-13-6-7-15(21)9-17(13)22/h6-7,9,14,16,27H,4-5,8,10-12H2,1-3H3,(H,23,25)/t14-,16+/m1/s1. The second-order valence-electron chi connectivity index (χ2n) is 8.38. The third kappa shape index (κ3) is 7.11. The first kappa shape index (κ1) is 24.9. The number of benzene rings is 1. The van der Waals surface area contributed by atoms with Crippen LogP contribution in [-0.4, -0.2) is 60.9 Å². The Morgan fingerprint density at radius 2 is 2.00 bits per heavy atom. The maximum absolute atomic E-state index is 13.0. The summed E-state index contributed by atoms with van der Waals surface area (Å²) >= 11 is 12.0. The Kier molecular flexibility index (Phi) is 8.18. The summed E-state index contributed by atoms with van der Waals surface area (Å²) in [5.74, 6) is -2.62. The predicted octanol–water partition coefficient (Wildman–Crippen LogP) is 2.28. The van der Waals surface area contributed by atoms with E-state index in [9.17, 15) is 23.1 Å². The highest BCUT2D eigenvalue weighted by molar-refractivity contribution is 7.90. The summed E-state index contributed by atoms with van der Waals surface area (Å²) in [6.07, 6.45) is 2.26. The molecule has 7 nitrogen and oxygen atoms in total. The smallest absolute Gasteiger partial charge is 0.229 e. The van der Waals surface area contributed by atoms with E-state index in [0.717, 1.165) is 11.8 Å². The van der Waals surface area contributed by atoms with Gasteiger partial charge in [-0.25, -0.2) is 8.42 Å². The summed E-state index contributed by atoms with van der Waals surface area (Å²) in [4.78, 5) is 27.1. The molecule has 0 unspecified atom stereocenters. The highest BCUT2D eigenvalue weighted by Gasteiger charge is 2.40. The third-order valence-electron chi connectivity index (χ3n) is 5.19. The van der Waals surface area contributed by atoms with Crippen LogP contribution in [0.4, 0.5) is 0 Å². The number of piperidine rings is 1. The van der Waals surface area contributed by atoms with Crippen LogP contribution < -0.4 is 5.32 Å². The average Bonchev–Trinajstić information content (AvgIpc) is 2.63. The normalized spacial score (nSPS) is 18.7. The van der Waals surface area contributed by atoms with Gasteiger partial charge in [0.2, 0.25) is 11.8 Å². The molecule has 1 aromatic carbocycles. The van der Waals surface area contributed by atoms with Gasteiger partial charge >= 0.3 is 0 Å². The van der Waals surface area contributed by atoms with Crippen molar-refractivity contribution < 1.29 is 23.1 Å². The highest BCUT2D eigenvalue weighted by atomic mass is 35.5. The van der Waals surface area contributed by atoms with Gasteiger partial charge in [0.05, 0.1) is 23.2 Å². The van der Waals surface area contributed by atoms with Crippen molar-refractivity contribution in [2.75, 3.05) is 25.1 Å². The van der Waals surface area contributed by atoms with Crippen molar-refractivity contribution in [1.29, 1.82) is 0 Å². The van der Waals surface area contributed by atoms with Gasteiger partial charge in [0, 0.05) is 35.9 Å². The molecule has 0 aromatic heterocycles. The number of halogens is 2. The lowest BCUT2D eigenvalue weighted by atomic mass is 9.89. The zero-order valence-electron chi connectivity index (χ0n) is 17.3. The molecular formula is C20H28Cl2N2O5S. The molecule has 1 aromatic rings. The number of hydrogen-bond acceptors (Lipinski definition) is 5. The van der Waals surface area contributed by atoms with E-state index >= 15 is 0 Å². The monoisotopic (exact) mass is 478 g/mol. The fraction of sp³-hybridized carbons (Fsp3) is 0.600. The second kappa shape index (κ2) is 9.85. The minimum absolute atomic E-state index is 0.176. The lowest BCUT2D eigenvalue weighted by Gasteiger charge is -2.37. The van der Waals surface area contributed by atoms with Gasteiger partial charge in [0.1, 0.15) is 9.84 Å². The first-order chi connectivity index (χ1) is 13.8. The molecule has 2 N–H and O–H groups in total. The van der Waals surface area contributed by atoms with Crippen LogP contribution in [0.25, 0.3) is 0 Å². The molecule has 0 spiro atoms. The molecule has 1 aliphatic rings. The van der Waals surface area contributed by atoms with Crippen LogP contribution in [0.3, 0.4) is 0 Å². The number of nitrogens with zero attached hydrogens (tertiary/aromatic N) is 1. The second-order valence-corrected chi connectivity index (χ2v) is 11.4. The molecule has 0 radical (unpaired) electrons. The number of sulfone groups is 1. The van der Waals surface area contributed by atoms with E-state index in [1.165, 1.54) is 18.7 Å². The molecule has 2 atom stereocenters. The molecule has 1 fully saturated rings. The van der Waals surface area contributed by atoms with Gasteiger partial charge < -0.3 is 15.3 Å². The molecule has 10 heteroatoms. The topological polar surface area (TPSA) is 104 Å². The molecule has 168 valence electrons. The van der Waals surface area contributed by atoms with Gasteiger partial charge in [0.15, 0.2) is 0 Å². The van der Waals surface area contributed by atoms with E-state index in [1.54, 1.807) is 18.2 Å². The van der Waals surface area contributed by atoms with Crippen LogP contribution in [0.15, 0.2) is 18.2 Å². The van der Waals surface area contributed by atoms with Crippen LogP contribution in [0.2, 0.25) is 10.0 Å². The zero-order valence-corrected chi connectivity index (χ0v) is 19.6. The molecule has 0 aliphatic carbocycles. The predicted molar refractivity (Wildman–Crippen MR) is 117 cm³/mol. The molecule has 2 rings (SSSR count). The molecule has 1 saturated heterocycles. The zero-order chi connectivity index (χ0) is 22.7. The minimum Gasteiger partial charge on any atom is -0.390 e. The molecule has 1 aliphatic heterocycles. The number of hydrogen-bond donors (Lipinski definition) is 2. The van der Waals surface area contributed by atoms with Crippen LogP contribution in [0, 0.1) is 11.8 Å². The molecule has 1 heterocycles. The van der Waals surface area contributed by atoms with Crippen molar-refractivity contribution in [2.24, 2.45) is 11.8 Å². The third-order valence-corrected chi connectivity index (χ3v) is 6.72. The van der Waals surface area contributed by atoms with Gasteiger partial charge in [-0.05, 0) is 44.4 Å². The summed E-state index contributed by atoms with van der Waals surface area (Å²) in [5.41, 5.74) is -0.769. The van der Waals surface area contributed by atoms with Crippen molar-refractivity contribution >= 4 is 44.9 Å². The van der Waals surface area contributed by atoms with E-state index < -0.39 is 38.9 Å². The number of amides is 2. The Bertz CT molecular complexity index is 899. The summed E-state index contributed by atoms with van der Waals surface area (Å²) < 4.78 is 23.5. The number of likely N-dealkylation sites (tertiary alicyclic amines) is 1. The van der Waals surface area contributed by atoms with Crippen LogP contribution in [0.5, 0.6) is 0 Å². The lowest BCUT2D eigenvalue weighted by Crippen LogP contribution is -2.52. The van der Waals surface area contributed by atoms with Crippen molar-refractivity contribution in [3.05, 3.63) is 33.8 Å². The molecule has 30 heavy (non-hydrogen) atoms. The summed E-state index contributed by atoms with van der Waals surface area (Å²) in [5, 5.41) is 14.2. The fourth-order valence-electron chi connectivity index (χ4n) is 3.48. The maximum Gasteiger partial charge on any atom is 0.229 e. The highest BCUT2D eigenvalue weighted by Crippen LogP contribution is 2.25. The van der Waals surface area contributed by atoms with Crippen LogP contribution >= 0.6 is 23.2 Å². The van der Waals surface area contributed by atoms with Crippen LogP contribution in [0.1, 0.15) is 32.3 Å². The fourth-order valence-corrected chi connectivity index (χ4v) is 5.11. The van der Waals surface area contributed by atoms with Gasteiger partial charge in [-0.3, -0.25) is 9.59 Å². The maximum atomic E-state index is 13.0. The van der Waals surface area contributed by atoms with Crippen molar-refractivity contribution in [1.82, 2.24) is 10.2 Å². The molecule has 2 amide bonds. The Balaban J connectivity index is 2.04. The van der Waals surface area contributed by atoms with Crippen LogP contribution in [-0.2, 0) is 26.0 Å². The number of carbonyl (C=O) groups excluding carboxylic acids is 2. The van der Waals surface area contributed by atoms with Gasteiger partial charge in [-0.2, -0.15) is 0 Å². The first-order valence-electron chi connectivity index (χ1n) is 9.68. The Morgan fingerprint density at radius 1 is 1.33 bits per heavy atom. The van der Waals surface area contributed by atoms with Crippen molar-refractivity contribution in [3.8, 4) is 0 Å². The Labute approximate surface area is 187 Å². The number of aliphatic hydroxyl groups is 1. The Morgan fingerprint density at radius 3 is 2.57 bits per heavy atom. The van der Waals surface area contributed by atoms with Crippen molar-refractivity contribution in [2.45, 2.75) is 38.8 Å². The largest absolute Gasteiger partial charge is 0.390 e. The quantitative estimate of drug-likeness (QED) is 0.625. The summed E-state index contributed by atoms with van der Waals surface area (Å²) in [6.45, 7) is 3.67. The molecule has 0 saturated carbocycles. The molecular weight excluding hydrogens is 451 g/mol. The van der Waals surface area contributed by atoms with Gasteiger partial charge in [-0.15, -0.1) is 0 Å². The summed E-state index contributed by atoms with van der Waals surface area (Å²) in [6, 6.07) is 5.03. The minimum atomic E-state index is -3.48. The average molecular weight is 479 g/mol. The number of nitrogens with one attached hydrogen (secondary N) is 1. The van der Waals surface area contributed by atoms with Crippen molar-refractivity contribution in [3.63, 3.8) is 0 Å². The van der Waals surface area contributed by atoms with Gasteiger partial charge in [0.25, 0.3) is 0 Å². The first-order valence-corrected chi connectivity index (χ1v) is 12.5.